The number of aliphatic carboxylic acids is 1. The van der Waals surface area contributed by atoms with Crippen molar-refractivity contribution in [3.8, 4) is 0 Å². The van der Waals surface area contributed by atoms with Gasteiger partial charge in [0.1, 0.15) is 0 Å². The van der Waals surface area contributed by atoms with Crippen molar-refractivity contribution >= 4 is 11.9 Å². The molecular weight excluding hydrogens is 256 g/mol. The average molecular weight is 284 g/mol. The molecule has 0 bridgehead atoms. The lowest BCUT2D eigenvalue weighted by Crippen LogP contribution is -2.35. The van der Waals surface area contributed by atoms with Crippen LogP contribution in [-0.2, 0) is 9.59 Å². The van der Waals surface area contributed by atoms with Crippen LogP contribution in [0.15, 0.2) is 11.6 Å². The lowest BCUT2D eigenvalue weighted by molar-refractivity contribution is -0.138. The molecule has 0 heterocycles. The third kappa shape index (κ3) is 8.69. The van der Waals surface area contributed by atoms with Crippen LogP contribution in [0.25, 0.3) is 0 Å². The normalized spacial score (nSPS) is 10.4. The predicted molar refractivity (Wildman–Crippen MR) is 80.7 cm³/mol. The largest absolute Gasteiger partial charge is 0.481 e. The van der Waals surface area contributed by atoms with Gasteiger partial charge in [-0.3, -0.25) is 9.59 Å². The summed E-state index contributed by atoms with van der Waals surface area (Å²) in [5.41, 5.74) is 0.930. The molecule has 1 amide bonds. The molecule has 0 saturated heterocycles. The van der Waals surface area contributed by atoms with E-state index in [0.717, 1.165) is 31.6 Å². The second-order valence-electron chi connectivity index (χ2n) is 5.07. The van der Waals surface area contributed by atoms with Gasteiger partial charge >= 0.3 is 5.97 Å². The van der Waals surface area contributed by atoms with Crippen molar-refractivity contribution in [3.63, 3.8) is 0 Å². The van der Waals surface area contributed by atoms with Gasteiger partial charge in [0.25, 0.3) is 0 Å². The van der Waals surface area contributed by atoms with E-state index in [4.69, 9.17) is 5.11 Å². The SMILES string of the molecule is CCN(CC)CCCN(CCC(=O)O)C(=O)C=C(C)C. The Morgan fingerprint density at radius 2 is 1.65 bits per heavy atom. The number of hydrogen-bond acceptors (Lipinski definition) is 3. The topological polar surface area (TPSA) is 60.9 Å². The van der Waals surface area contributed by atoms with E-state index in [2.05, 4.69) is 18.7 Å². The zero-order valence-electron chi connectivity index (χ0n) is 13.2. The second-order valence-corrected chi connectivity index (χ2v) is 5.07. The van der Waals surface area contributed by atoms with Crippen LogP contribution in [0.3, 0.4) is 0 Å². The minimum absolute atomic E-state index is 0.00634. The summed E-state index contributed by atoms with van der Waals surface area (Å²) in [5.74, 6) is -0.963. The number of hydrogen-bond donors (Lipinski definition) is 1. The van der Waals surface area contributed by atoms with Gasteiger partial charge in [0.05, 0.1) is 6.42 Å². The Kier molecular flexibility index (Phi) is 9.72. The van der Waals surface area contributed by atoms with E-state index in [9.17, 15) is 9.59 Å². The van der Waals surface area contributed by atoms with Crippen molar-refractivity contribution in [3.05, 3.63) is 11.6 Å². The molecule has 0 aliphatic carbocycles. The number of carbonyl (C=O) groups is 2. The predicted octanol–water partition coefficient (Wildman–Crippen LogP) is 1.99. The van der Waals surface area contributed by atoms with Crippen LogP contribution in [0.2, 0.25) is 0 Å². The summed E-state index contributed by atoms with van der Waals surface area (Å²) >= 11 is 0. The van der Waals surface area contributed by atoms with E-state index >= 15 is 0 Å². The molecule has 0 fully saturated rings. The zero-order chi connectivity index (χ0) is 15.5. The highest BCUT2D eigenvalue weighted by molar-refractivity contribution is 5.88. The van der Waals surface area contributed by atoms with Gasteiger partial charge in [-0.1, -0.05) is 19.4 Å². The summed E-state index contributed by atoms with van der Waals surface area (Å²) in [5, 5.41) is 8.75. The lowest BCUT2D eigenvalue weighted by atomic mass is 10.2. The van der Waals surface area contributed by atoms with Crippen LogP contribution < -0.4 is 0 Å². The monoisotopic (exact) mass is 284 g/mol. The maximum absolute atomic E-state index is 12.0. The molecule has 0 spiro atoms. The minimum Gasteiger partial charge on any atom is -0.481 e. The van der Waals surface area contributed by atoms with Gasteiger partial charge in [-0.05, 0) is 39.9 Å². The highest BCUT2D eigenvalue weighted by atomic mass is 16.4. The van der Waals surface area contributed by atoms with Crippen LogP contribution in [0.5, 0.6) is 0 Å². The van der Waals surface area contributed by atoms with E-state index in [-0.39, 0.29) is 18.9 Å². The Labute approximate surface area is 122 Å². The Balaban J connectivity index is 4.41. The molecule has 0 aromatic heterocycles. The fourth-order valence-corrected chi connectivity index (χ4v) is 1.93. The first kappa shape index (κ1) is 18.6. The molecule has 0 rings (SSSR count). The van der Waals surface area contributed by atoms with Gasteiger partial charge in [0, 0.05) is 19.2 Å². The average Bonchev–Trinajstić information content (AvgIpc) is 2.36. The first-order valence-corrected chi connectivity index (χ1v) is 7.28. The number of allylic oxidation sites excluding steroid dienone is 1. The van der Waals surface area contributed by atoms with Gasteiger partial charge in [0.2, 0.25) is 5.91 Å². The number of carboxylic acid groups (broad SMARTS) is 1. The summed E-state index contributed by atoms with van der Waals surface area (Å²) in [6.07, 6.45) is 2.43. The molecule has 1 N–H and O–H groups in total. The number of carboxylic acids is 1. The van der Waals surface area contributed by atoms with E-state index < -0.39 is 5.97 Å². The third-order valence-corrected chi connectivity index (χ3v) is 3.12. The van der Waals surface area contributed by atoms with Crippen LogP contribution in [-0.4, -0.2) is 59.5 Å². The highest BCUT2D eigenvalue weighted by Gasteiger charge is 2.13. The van der Waals surface area contributed by atoms with Gasteiger partial charge in [-0.25, -0.2) is 0 Å². The third-order valence-electron chi connectivity index (χ3n) is 3.12. The van der Waals surface area contributed by atoms with Gasteiger partial charge in [-0.2, -0.15) is 0 Å². The molecule has 5 nitrogen and oxygen atoms in total. The standard InChI is InChI=1S/C15H28N2O3/c1-5-16(6-2)9-7-10-17(11-8-15(19)20)14(18)12-13(3)4/h12H,5-11H2,1-4H3,(H,19,20). The van der Waals surface area contributed by atoms with Crippen molar-refractivity contribution in [1.82, 2.24) is 9.80 Å². The Bertz CT molecular complexity index is 332. The molecule has 20 heavy (non-hydrogen) atoms. The molecule has 0 aliphatic heterocycles. The summed E-state index contributed by atoms with van der Waals surface area (Å²) in [6.45, 7) is 11.7. The van der Waals surface area contributed by atoms with E-state index in [0.29, 0.717) is 6.54 Å². The Morgan fingerprint density at radius 1 is 1.05 bits per heavy atom. The number of nitrogens with zero attached hydrogens (tertiary/aromatic N) is 2. The Morgan fingerprint density at radius 3 is 2.10 bits per heavy atom. The van der Waals surface area contributed by atoms with Gasteiger partial charge in [0.15, 0.2) is 0 Å². The lowest BCUT2D eigenvalue weighted by Gasteiger charge is -2.23. The van der Waals surface area contributed by atoms with E-state index in [1.54, 1.807) is 11.0 Å². The quantitative estimate of drug-likeness (QED) is 0.623. The Hall–Kier alpha value is -1.36. The van der Waals surface area contributed by atoms with Crippen molar-refractivity contribution in [2.75, 3.05) is 32.7 Å². The van der Waals surface area contributed by atoms with Crippen molar-refractivity contribution in [2.24, 2.45) is 0 Å². The highest BCUT2D eigenvalue weighted by Crippen LogP contribution is 2.01. The van der Waals surface area contributed by atoms with E-state index in [1.807, 2.05) is 13.8 Å². The molecule has 0 aliphatic rings. The van der Waals surface area contributed by atoms with Crippen molar-refractivity contribution in [1.29, 1.82) is 0 Å². The number of rotatable bonds is 10. The molecule has 5 heteroatoms. The first-order valence-electron chi connectivity index (χ1n) is 7.28. The molecule has 0 aromatic rings. The molecule has 0 atom stereocenters. The zero-order valence-corrected chi connectivity index (χ0v) is 13.2. The number of carbonyl (C=O) groups excluding carboxylic acids is 1. The maximum Gasteiger partial charge on any atom is 0.305 e. The second kappa shape index (κ2) is 10.4. The van der Waals surface area contributed by atoms with Gasteiger partial charge < -0.3 is 14.9 Å². The molecule has 0 aromatic carbocycles. The molecular formula is C15H28N2O3. The van der Waals surface area contributed by atoms with Crippen molar-refractivity contribution < 1.29 is 14.7 Å². The first-order chi connectivity index (χ1) is 9.40. The summed E-state index contributed by atoms with van der Waals surface area (Å²) in [4.78, 5) is 26.6. The molecule has 116 valence electrons. The van der Waals surface area contributed by atoms with Crippen LogP contribution in [0, 0.1) is 0 Å². The summed E-state index contributed by atoms with van der Waals surface area (Å²) in [7, 11) is 0. The summed E-state index contributed by atoms with van der Waals surface area (Å²) < 4.78 is 0. The fraction of sp³-hybridized carbons (Fsp3) is 0.733. The minimum atomic E-state index is -0.872. The van der Waals surface area contributed by atoms with Crippen LogP contribution in [0.1, 0.15) is 40.5 Å². The molecule has 0 radical (unpaired) electrons. The fourth-order valence-electron chi connectivity index (χ4n) is 1.93. The summed E-state index contributed by atoms with van der Waals surface area (Å²) in [6, 6.07) is 0. The molecule has 0 unspecified atom stereocenters. The number of amides is 1. The van der Waals surface area contributed by atoms with Gasteiger partial charge in [-0.15, -0.1) is 0 Å². The van der Waals surface area contributed by atoms with Crippen molar-refractivity contribution in [2.45, 2.75) is 40.5 Å². The van der Waals surface area contributed by atoms with E-state index in [1.165, 1.54) is 0 Å². The molecule has 0 saturated carbocycles. The smallest absolute Gasteiger partial charge is 0.305 e. The van der Waals surface area contributed by atoms with Crippen LogP contribution in [0.4, 0.5) is 0 Å². The van der Waals surface area contributed by atoms with Crippen LogP contribution >= 0.6 is 0 Å². The maximum atomic E-state index is 12.0.